The molecule has 120 valence electrons. The molecule has 2 amide bonds. The zero-order chi connectivity index (χ0) is 16.5. The first-order valence-electron chi connectivity index (χ1n) is 7.57. The monoisotopic (exact) mass is 338 g/mol. The summed E-state index contributed by atoms with van der Waals surface area (Å²) in [5.41, 5.74) is 2.40. The van der Waals surface area contributed by atoms with E-state index in [1.165, 1.54) is 11.3 Å². The highest BCUT2D eigenvalue weighted by Crippen LogP contribution is 2.32. The molecular formula is C17H14N4O2S. The SMILES string of the molecule is O=C(Nc1nncs1)C1CC(=O)N(c2cccc3ccccc23)C1. The molecule has 0 bridgehead atoms. The Morgan fingerprint density at radius 1 is 1.21 bits per heavy atom. The normalized spacial score (nSPS) is 17.4. The number of hydrogen-bond donors (Lipinski definition) is 1. The molecule has 0 spiro atoms. The predicted molar refractivity (Wildman–Crippen MR) is 92.9 cm³/mol. The quantitative estimate of drug-likeness (QED) is 0.797. The Morgan fingerprint density at radius 3 is 2.88 bits per heavy atom. The van der Waals surface area contributed by atoms with Crippen LogP contribution in [0.3, 0.4) is 0 Å². The summed E-state index contributed by atoms with van der Waals surface area (Å²) in [6.45, 7) is 0.372. The van der Waals surface area contributed by atoms with Crippen molar-refractivity contribution in [3.8, 4) is 0 Å². The van der Waals surface area contributed by atoms with E-state index in [-0.39, 0.29) is 24.2 Å². The molecule has 7 heteroatoms. The van der Waals surface area contributed by atoms with Gasteiger partial charge in [-0.25, -0.2) is 0 Å². The summed E-state index contributed by atoms with van der Waals surface area (Å²) < 4.78 is 0. The number of benzene rings is 2. The number of nitrogens with zero attached hydrogens (tertiary/aromatic N) is 3. The molecule has 1 aliphatic heterocycles. The Labute approximate surface area is 142 Å². The number of amides is 2. The van der Waals surface area contributed by atoms with Gasteiger partial charge in [0, 0.05) is 18.4 Å². The molecule has 0 radical (unpaired) electrons. The van der Waals surface area contributed by atoms with E-state index in [9.17, 15) is 9.59 Å². The molecule has 0 saturated carbocycles. The van der Waals surface area contributed by atoms with Crippen molar-refractivity contribution in [2.24, 2.45) is 5.92 Å². The topological polar surface area (TPSA) is 75.2 Å². The minimum atomic E-state index is -0.389. The third kappa shape index (κ3) is 2.63. The largest absolute Gasteiger partial charge is 0.311 e. The molecule has 1 atom stereocenters. The van der Waals surface area contributed by atoms with Crippen LogP contribution in [-0.2, 0) is 9.59 Å². The average molecular weight is 338 g/mol. The van der Waals surface area contributed by atoms with Crippen LogP contribution in [0, 0.1) is 5.92 Å². The molecule has 4 rings (SSSR count). The van der Waals surface area contributed by atoms with E-state index in [4.69, 9.17) is 0 Å². The number of nitrogens with one attached hydrogen (secondary N) is 1. The number of hydrogen-bond acceptors (Lipinski definition) is 5. The molecule has 2 aromatic carbocycles. The molecular weight excluding hydrogens is 324 g/mol. The van der Waals surface area contributed by atoms with Crippen LogP contribution in [0.25, 0.3) is 10.8 Å². The summed E-state index contributed by atoms with van der Waals surface area (Å²) in [4.78, 5) is 26.5. The standard InChI is InChI=1S/C17H14N4O2S/c22-15-8-12(16(23)19-17-20-18-10-24-17)9-21(15)14-7-3-5-11-4-1-2-6-13(11)14/h1-7,10,12H,8-9H2,(H,19,20,23). The third-order valence-electron chi connectivity index (χ3n) is 4.14. The van der Waals surface area contributed by atoms with Gasteiger partial charge in [0.1, 0.15) is 5.51 Å². The predicted octanol–water partition coefficient (Wildman–Crippen LogP) is 2.68. The zero-order valence-electron chi connectivity index (χ0n) is 12.7. The molecule has 1 unspecified atom stereocenters. The fourth-order valence-corrected chi connectivity index (χ4v) is 3.44. The smallest absolute Gasteiger partial charge is 0.231 e. The second kappa shape index (κ2) is 6.01. The van der Waals surface area contributed by atoms with Crippen LogP contribution < -0.4 is 10.2 Å². The van der Waals surface area contributed by atoms with Crippen LogP contribution in [0.2, 0.25) is 0 Å². The van der Waals surface area contributed by atoms with Crippen LogP contribution >= 0.6 is 11.3 Å². The molecule has 1 saturated heterocycles. The van der Waals surface area contributed by atoms with Gasteiger partial charge in [-0.3, -0.25) is 9.59 Å². The number of anilines is 2. The lowest BCUT2D eigenvalue weighted by Gasteiger charge is -2.18. The molecule has 24 heavy (non-hydrogen) atoms. The Kier molecular flexibility index (Phi) is 3.70. The summed E-state index contributed by atoms with van der Waals surface area (Å²) in [7, 11) is 0. The van der Waals surface area contributed by atoms with Crippen molar-refractivity contribution in [3.05, 3.63) is 48.0 Å². The highest BCUT2D eigenvalue weighted by atomic mass is 32.1. The highest BCUT2D eigenvalue weighted by Gasteiger charge is 2.35. The van der Waals surface area contributed by atoms with Crippen molar-refractivity contribution in [1.82, 2.24) is 10.2 Å². The van der Waals surface area contributed by atoms with Gasteiger partial charge >= 0.3 is 0 Å². The first-order chi connectivity index (χ1) is 11.7. The van der Waals surface area contributed by atoms with Crippen molar-refractivity contribution in [2.45, 2.75) is 6.42 Å². The van der Waals surface area contributed by atoms with E-state index < -0.39 is 0 Å². The Bertz CT molecular complexity index is 905. The van der Waals surface area contributed by atoms with Crippen molar-refractivity contribution < 1.29 is 9.59 Å². The van der Waals surface area contributed by atoms with Gasteiger partial charge < -0.3 is 10.2 Å². The van der Waals surface area contributed by atoms with Gasteiger partial charge in [0.15, 0.2) is 0 Å². The fraction of sp³-hybridized carbons (Fsp3) is 0.176. The molecule has 2 heterocycles. The number of carbonyl (C=O) groups excluding carboxylic acids is 2. The Morgan fingerprint density at radius 2 is 2.04 bits per heavy atom. The maximum absolute atomic E-state index is 12.5. The van der Waals surface area contributed by atoms with Gasteiger partial charge in [-0.05, 0) is 11.5 Å². The maximum Gasteiger partial charge on any atom is 0.231 e. The first-order valence-corrected chi connectivity index (χ1v) is 8.45. The minimum absolute atomic E-state index is 0.0382. The van der Waals surface area contributed by atoms with Crippen molar-refractivity contribution in [3.63, 3.8) is 0 Å². The Hall–Kier alpha value is -2.80. The third-order valence-corrected chi connectivity index (χ3v) is 4.75. The van der Waals surface area contributed by atoms with Crippen LogP contribution in [-0.4, -0.2) is 28.6 Å². The van der Waals surface area contributed by atoms with Gasteiger partial charge in [-0.1, -0.05) is 47.7 Å². The van der Waals surface area contributed by atoms with Gasteiger partial charge in [0.25, 0.3) is 0 Å². The summed E-state index contributed by atoms with van der Waals surface area (Å²) in [5, 5.41) is 12.8. The van der Waals surface area contributed by atoms with Crippen LogP contribution in [0.15, 0.2) is 48.0 Å². The molecule has 3 aromatic rings. The number of aromatic nitrogens is 2. The molecule has 1 fully saturated rings. The molecule has 1 N–H and O–H groups in total. The molecule has 0 aliphatic carbocycles. The van der Waals surface area contributed by atoms with Gasteiger partial charge in [-0.2, -0.15) is 0 Å². The van der Waals surface area contributed by atoms with E-state index in [0.717, 1.165) is 16.5 Å². The number of fused-ring (bicyclic) bond motifs is 1. The minimum Gasteiger partial charge on any atom is -0.311 e. The lowest BCUT2D eigenvalue weighted by atomic mass is 10.1. The van der Waals surface area contributed by atoms with Crippen molar-refractivity contribution in [2.75, 3.05) is 16.8 Å². The first kappa shape index (κ1) is 14.8. The van der Waals surface area contributed by atoms with Crippen LogP contribution in [0.4, 0.5) is 10.8 Å². The summed E-state index contributed by atoms with van der Waals surface area (Å²) in [6.07, 6.45) is 0.202. The van der Waals surface area contributed by atoms with E-state index in [2.05, 4.69) is 15.5 Å². The summed E-state index contributed by atoms with van der Waals surface area (Å²) >= 11 is 1.26. The number of carbonyl (C=O) groups is 2. The van der Waals surface area contributed by atoms with Crippen molar-refractivity contribution in [1.29, 1.82) is 0 Å². The second-order valence-electron chi connectivity index (χ2n) is 5.64. The summed E-state index contributed by atoms with van der Waals surface area (Å²) in [5.74, 6) is -0.619. The van der Waals surface area contributed by atoms with E-state index in [1.807, 2.05) is 42.5 Å². The maximum atomic E-state index is 12.5. The Balaban J connectivity index is 1.58. The average Bonchev–Trinajstić information content (AvgIpc) is 3.24. The van der Waals surface area contributed by atoms with E-state index in [1.54, 1.807) is 10.4 Å². The lowest BCUT2D eigenvalue weighted by molar-refractivity contribution is -0.122. The highest BCUT2D eigenvalue weighted by molar-refractivity contribution is 7.13. The second-order valence-corrected chi connectivity index (χ2v) is 6.47. The van der Waals surface area contributed by atoms with Gasteiger partial charge in [-0.15, -0.1) is 10.2 Å². The molecule has 6 nitrogen and oxygen atoms in total. The van der Waals surface area contributed by atoms with E-state index >= 15 is 0 Å². The van der Waals surface area contributed by atoms with Gasteiger partial charge in [0.2, 0.25) is 16.9 Å². The fourth-order valence-electron chi connectivity index (χ4n) is 2.99. The van der Waals surface area contributed by atoms with E-state index in [0.29, 0.717) is 11.7 Å². The van der Waals surface area contributed by atoms with Gasteiger partial charge in [0.05, 0.1) is 11.6 Å². The molecule has 1 aliphatic rings. The van der Waals surface area contributed by atoms with Crippen LogP contribution in [0.5, 0.6) is 0 Å². The number of rotatable bonds is 3. The van der Waals surface area contributed by atoms with Crippen molar-refractivity contribution >= 4 is 44.7 Å². The van der Waals surface area contributed by atoms with Crippen LogP contribution in [0.1, 0.15) is 6.42 Å². The molecule has 1 aromatic heterocycles. The summed E-state index contributed by atoms with van der Waals surface area (Å²) in [6, 6.07) is 13.8. The zero-order valence-corrected chi connectivity index (χ0v) is 13.5. The lowest BCUT2D eigenvalue weighted by Crippen LogP contribution is -2.28.